The van der Waals surface area contributed by atoms with Crippen LogP contribution in [0.4, 0.5) is 0 Å². The third-order valence-corrected chi connectivity index (χ3v) is 4.87. The molecule has 1 aromatic heterocycles. The van der Waals surface area contributed by atoms with Crippen molar-refractivity contribution >= 4 is 32.7 Å². The second-order valence-corrected chi connectivity index (χ2v) is 7.35. The summed E-state index contributed by atoms with van der Waals surface area (Å²) in [4.78, 5) is 31.3. The molecule has 6 heteroatoms. The summed E-state index contributed by atoms with van der Waals surface area (Å²) in [5.41, 5.74) is 0.574. The van der Waals surface area contributed by atoms with E-state index in [0.29, 0.717) is 29.8 Å². The van der Waals surface area contributed by atoms with Gasteiger partial charge in [-0.15, -0.1) is 0 Å². The first-order chi connectivity index (χ1) is 11.6. The van der Waals surface area contributed by atoms with Crippen molar-refractivity contribution in [1.82, 2.24) is 14.5 Å². The number of fused-ring (bicyclic) bond motifs is 1. The van der Waals surface area contributed by atoms with Crippen LogP contribution in [0.25, 0.3) is 10.9 Å². The Morgan fingerprint density at radius 2 is 2.21 bits per heavy atom. The van der Waals surface area contributed by atoms with Crippen LogP contribution in [0, 0.1) is 5.92 Å². The van der Waals surface area contributed by atoms with Gasteiger partial charge in [-0.3, -0.25) is 14.2 Å². The van der Waals surface area contributed by atoms with Crippen molar-refractivity contribution in [3.8, 4) is 0 Å². The van der Waals surface area contributed by atoms with Crippen molar-refractivity contribution in [2.45, 2.75) is 39.2 Å². The smallest absolute Gasteiger partial charge is 0.261 e. The molecule has 0 bridgehead atoms. The Labute approximate surface area is 149 Å². The van der Waals surface area contributed by atoms with Crippen LogP contribution in [0.3, 0.4) is 0 Å². The minimum Gasteiger partial charge on any atom is -0.342 e. The molecule has 1 saturated carbocycles. The van der Waals surface area contributed by atoms with E-state index in [9.17, 15) is 9.59 Å². The maximum atomic E-state index is 12.6. The van der Waals surface area contributed by atoms with Crippen LogP contribution in [0.15, 0.2) is 33.8 Å². The summed E-state index contributed by atoms with van der Waals surface area (Å²) in [6, 6.07) is 5.46. The van der Waals surface area contributed by atoms with Crippen molar-refractivity contribution in [3.05, 3.63) is 39.4 Å². The molecule has 1 aliphatic rings. The highest BCUT2D eigenvalue weighted by Crippen LogP contribution is 2.29. The molecule has 0 unspecified atom stereocenters. The molecule has 5 nitrogen and oxygen atoms in total. The van der Waals surface area contributed by atoms with Crippen LogP contribution in [-0.4, -0.2) is 33.4 Å². The summed E-state index contributed by atoms with van der Waals surface area (Å²) in [6.07, 6.45) is 5.31. The third-order valence-electron chi connectivity index (χ3n) is 4.37. The van der Waals surface area contributed by atoms with Gasteiger partial charge in [0.05, 0.1) is 17.2 Å². The molecule has 0 aliphatic heterocycles. The average molecular weight is 392 g/mol. The van der Waals surface area contributed by atoms with Gasteiger partial charge in [-0.25, -0.2) is 4.98 Å². The summed E-state index contributed by atoms with van der Waals surface area (Å²) < 4.78 is 2.38. The standard InChI is InChI=1S/C18H22BrN3O2/c1-2-8-21(11-13-3-4-13)17(23)7-9-22-12-20-16-6-5-14(19)10-15(16)18(22)24/h5-6,10,12-13H,2-4,7-9,11H2,1H3. The molecule has 0 saturated heterocycles. The molecule has 0 atom stereocenters. The fourth-order valence-electron chi connectivity index (χ4n) is 2.86. The lowest BCUT2D eigenvalue weighted by Gasteiger charge is -2.22. The average Bonchev–Trinajstić information content (AvgIpc) is 3.38. The number of carbonyl (C=O) groups is 1. The topological polar surface area (TPSA) is 55.2 Å². The number of nitrogens with zero attached hydrogens (tertiary/aromatic N) is 3. The van der Waals surface area contributed by atoms with Gasteiger partial charge in [-0.05, 0) is 43.4 Å². The number of carbonyl (C=O) groups excluding carboxylic acids is 1. The Balaban J connectivity index is 1.71. The van der Waals surface area contributed by atoms with Crippen molar-refractivity contribution in [2.24, 2.45) is 5.92 Å². The first-order valence-electron chi connectivity index (χ1n) is 8.51. The van der Waals surface area contributed by atoms with Gasteiger partial charge >= 0.3 is 0 Å². The Hall–Kier alpha value is -1.69. The molecule has 3 rings (SSSR count). The quantitative estimate of drug-likeness (QED) is 0.727. The number of hydrogen-bond donors (Lipinski definition) is 0. The molecule has 128 valence electrons. The number of aromatic nitrogens is 2. The first kappa shape index (κ1) is 17.1. The predicted octanol–water partition coefficient (Wildman–Crippen LogP) is 3.20. The van der Waals surface area contributed by atoms with Gasteiger partial charge in [0.1, 0.15) is 0 Å². The summed E-state index contributed by atoms with van der Waals surface area (Å²) in [6.45, 7) is 4.12. The fourth-order valence-corrected chi connectivity index (χ4v) is 3.23. The van der Waals surface area contributed by atoms with E-state index in [2.05, 4.69) is 27.8 Å². The summed E-state index contributed by atoms with van der Waals surface area (Å²) in [7, 11) is 0. The molecule has 1 aromatic carbocycles. The van der Waals surface area contributed by atoms with Crippen LogP contribution in [0.5, 0.6) is 0 Å². The monoisotopic (exact) mass is 391 g/mol. The van der Waals surface area contributed by atoms with Crippen LogP contribution < -0.4 is 5.56 Å². The van der Waals surface area contributed by atoms with Crippen molar-refractivity contribution < 1.29 is 4.79 Å². The zero-order valence-corrected chi connectivity index (χ0v) is 15.5. The minimum absolute atomic E-state index is 0.0988. The lowest BCUT2D eigenvalue weighted by Crippen LogP contribution is -2.35. The number of rotatable bonds is 7. The normalized spacial score (nSPS) is 14.1. The van der Waals surface area contributed by atoms with E-state index in [-0.39, 0.29) is 11.5 Å². The maximum absolute atomic E-state index is 12.6. The molecule has 0 radical (unpaired) electrons. The molecule has 2 aromatic rings. The molecule has 1 heterocycles. The number of benzene rings is 1. The molecule has 0 N–H and O–H groups in total. The van der Waals surface area contributed by atoms with Gasteiger partial charge in [0.2, 0.25) is 5.91 Å². The van der Waals surface area contributed by atoms with Gasteiger partial charge in [0.15, 0.2) is 0 Å². The van der Waals surface area contributed by atoms with E-state index in [1.54, 1.807) is 6.07 Å². The number of amides is 1. The van der Waals surface area contributed by atoms with E-state index < -0.39 is 0 Å². The molecule has 0 spiro atoms. The van der Waals surface area contributed by atoms with Crippen LogP contribution in [0.1, 0.15) is 32.6 Å². The van der Waals surface area contributed by atoms with E-state index >= 15 is 0 Å². The second-order valence-electron chi connectivity index (χ2n) is 6.44. The van der Waals surface area contributed by atoms with Crippen LogP contribution in [-0.2, 0) is 11.3 Å². The van der Waals surface area contributed by atoms with E-state index in [1.807, 2.05) is 17.0 Å². The fraction of sp³-hybridized carbons (Fsp3) is 0.500. The highest BCUT2D eigenvalue weighted by atomic mass is 79.9. The van der Waals surface area contributed by atoms with Gasteiger partial charge < -0.3 is 4.90 Å². The largest absolute Gasteiger partial charge is 0.342 e. The van der Waals surface area contributed by atoms with E-state index in [1.165, 1.54) is 23.7 Å². The Morgan fingerprint density at radius 1 is 1.42 bits per heavy atom. The summed E-state index contributed by atoms with van der Waals surface area (Å²) in [5.74, 6) is 0.813. The van der Waals surface area contributed by atoms with Gasteiger partial charge in [0, 0.05) is 30.5 Å². The highest BCUT2D eigenvalue weighted by molar-refractivity contribution is 9.10. The third kappa shape index (κ3) is 4.04. The van der Waals surface area contributed by atoms with Crippen LogP contribution >= 0.6 is 15.9 Å². The summed E-state index contributed by atoms with van der Waals surface area (Å²) >= 11 is 3.38. The van der Waals surface area contributed by atoms with E-state index in [0.717, 1.165) is 24.0 Å². The van der Waals surface area contributed by atoms with Crippen molar-refractivity contribution in [1.29, 1.82) is 0 Å². The number of halogens is 1. The number of hydrogen-bond acceptors (Lipinski definition) is 3. The molecular formula is C18H22BrN3O2. The zero-order valence-electron chi connectivity index (χ0n) is 13.9. The SMILES string of the molecule is CCCN(CC1CC1)C(=O)CCn1cnc2ccc(Br)cc2c1=O. The van der Waals surface area contributed by atoms with E-state index in [4.69, 9.17) is 0 Å². The Kier molecular flexibility index (Phi) is 5.33. The maximum Gasteiger partial charge on any atom is 0.261 e. The Morgan fingerprint density at radius 3 is 2.92 bits per heavy atom. The second kappa shape index (κ2) is 7.47. The van der Waals surface area contributed by atoms with Crippen LogP contribution in [0.2, 0.25) is 0 Å². The van der Waals surface area contributed by atoms with Crippen molar-refractivity contribution in [3.63, 3.8) is 0 Å². The van der Waals surface area contributed by atoms with Gasteiger partial charge in [0.25, 0.3) is 5.56 Å². The summed E-state index contributed by atoms with van der Waals surface area (Å²) in [5, 5.41) is 0.572. The lowest BCUT2D eigenvalue weighted by atomic mass is 10.2. The van der Waals surface area contributed by atoms with Crippen molar-refractivity contribution in [2.75, 3.05) is 13.1 Å². The zero-order chi connectivity index (χ0) is 17.1. The lowest BCUT2D eigenvalue weighted by molar-refractivity contribution is -0.131. The molecule has 1 amide bonds. The highest BCUT2D eigenvalue weighted by Gasteiger charge is 2.26. The Bertz CT molecular complexity index is 798. The predicted molar refractivity (Wildman–Crippen MR) is 97.9 cm³/mol. The molecule has 24 heavy (non-hydrogen) atoms. The number of aryl methyl sites for hydroxylation is 1. The molecular weight excluding hydrogens is 370 g/mol. The molecule has 1 fully saturated rings. The molecule has 1 aliphatic carbocycles. The first-order valence-corrected chi connectivity index (χ1v) is 9.30. The minimum atomic E-state index is -0.0988. The van der Waals surface area contributed by atoms with Gasteiger partial charge in [-0.1, -0.05) is 22.9 Å². The van der Waals surface area contributed by atoms with Gasteiger partial charge in [-0.2, -0.15) is 0 Å².